The van der Waals surface area contributed by atoms with E-state index in [1.165, 1.54) is 33.2 Å². The molecule has 16 heteroatoms. The van der Waals surface area contributed by atoms with Gasteiger partial charge in [-0.15, -0.1) is 0 Å². The van der Waals surface area contributed by atoms with Crippen molar-refractivity contribution in [2.75, 3.05) is 32.8 Å². The Hall–Kier alpha value is -7.17. The summed E-state index contributed by atoms with van der Waals surface area (Å²) in [5.74, 6) is 0.327. The molecule has 0 aliphatic carbocycles. The maximum atomic E-state index is 13.7. The van der Waals surface area contributed by atoms with E-state index in [0.717, 1.165) is 130 Å². The number of imidazole rings is 1. The lowest BCUT2D eigenvalue weighted by molar-refractivity contribution is -0.135. The Kier molecular flexibility index (Phi) is 12.2. The molecule has 12 rings (SSSR count). The monoisotopic (exact) mass is 967 g/mol. The van der Waals surface area contributed by atoms with Crippen molar-refractivity contribution < 1.29 is 19.1 Å². The van der Waals surface area contributed by atoms with Crippen LogP contribution in [-0.2, 0) is 41.5 Å². The molecule has 0 saturated carbocycles. The van der Waals surface area contributed by atoms with Crippen molar-refractivity contribution in [1.29, 1.82) is 0 Å². The Morgan fingerprint density at radius 2 is 1.57 bits per heavy atom. The third-order valence-electron chi connectivity index (χ3n) is 16.2. The van der Waals surface area contributed by atoms with Gasteiger partial charge in [0.15, 0.2) is 6.23 Å². The Balaban J connectivity index is 0.615. The highest BCUT2D eigenvalue weighted by atomic mass is 16.5. The van der Waals surface area contributed by atoms with Crippen LogP contribution >= 0.6 is 0 Å². The summed E-state index contributed by atoms with van der Waals surface area (Å²) in [6.07, 6.45) is 16.6. The molecule has 9 heterocycles. The zero-order chi connectivity index (χ0) is 49.0. The number of aryl methyl sites for hydroxylation is 3. The average molecular weight is 968 g/mol. The van der Waals surface area contributed by atoms with Gasteiger partial charge in [0.2, 0.25) is 11.8 Å². The van der Waals surface area contributed by atoms with Crippen LogP contribution in [0.5, 0.6) is 0 Å². The van der Waals surface area contributed by atoms with Gasteiger partial charge in [-0.1, -0.05) is 24.3 Å². The first-order valence-electron chi connectivity index (χ1n) is 25.8. The summed E-state index contributed by atoms with van der Waals surface area (Å²) in [7, 11) is 3.84. The van der Waals surface area contributed by atoms with Gasteiger partial charge in [0, 0.05) is 93.3 Å². The summed E-state index contributed by atoms with van der Waals surface area (Å²) < 4.78 is 15.4. The van der Waals surface area contributed by atoms with Crippen LogP contribution in [-0.4, -0.2) is 98.6 Å². The molecule has 4 fully saturated rings. The number of fused-ring (bicyclic) bond motifs is 3. The van der Waals surface area contributed by atoms with E-state index in [1.807, 2.05) is 69.4 Å². The number of nitrogens with one attached hydrogen (secondary N) is 1. The number of nitrogens with zero attached hydrogens (tertiary/aromatic N) is 10. The number of rotatable bonds is 11. The number of hydrogen-bond acceptors (Lipinski definition) is 9. The lowest BCUT2D eigenvalue weighted by atomic mass is 9.88. The topological polar surface area (TPSA) is 159 Å². The number of piperidine rings is 3. The minimum Gasteiger partial charge on any atom is -0.356 e. The molecule has 5 aromatic heterocycles. The summed E-state index contributed by atoms with van der Waals surface area (Å²) in [5.41, 5.74) is 10.7. The molecule has 3 aromatic carbocycles. The van der Waals surface area contributed by atoms with Gasteiger partial charge in [-0.2, -0.15) is 10.2 Å². The van der Waals surface area contributed by atoms with E-state index in [0.29, 0.717) is 29.3 Å². The van der Waals surface area contributed by atoms with Crippen LogP contribution < -0.4 is 11.0 Å². The van der Waals surface area contributed by atoms with Crippen LogP contribution in [0.3, 0.4) is 0 Å². The van der Waals surface area contributed by atoms with E-state index >= 15 is 0 Å². The van der Waals surface area contributed by atoms with Crippen molar-refractivity contribution in [2.45, 2.75) is 95.5 Å². The van der Waals surface area contributed by atoms with Crippen molar-refractivity contribution in [2.24, 2.45) is 20.0 Å². The van der Waals surface area contributed by atoms with Crippen molar-refractivity contribution in [3.05, 3.63) is 125 Å². The third kappa shape index (κ3) is 8.63. The second kappa shape index (κ2) is 19.1. The van der Waals surface area contributed by atoms with Crippen LogP contribution in [0, 0.1) is 5.92 Å². The smallest absolute Gasteiger partial charge is 0.329 e. The minimum atomic E-state index is -0.721. The number of pyridine rings is 1. The normalized spacial score (nSPS) is 19.8. The molecule has 72 heavy (non-hydrogen) atoms. The highest BCUT2D eigenvalue weighted by Crippen LogP contribution is 2.36. The van der Waals surface area contributed by atoms with Crippen LogP contribution in [0.4, 0.5) is 0 Å². The predicted molar refractivity (Wildman–Crippen MR) is 275 cm³/mol. The molecule has 16 nitrogen and oxygen atoms in total. The maximum absolute atomic E-state index is 13.7. The Bertz CT molecular complexity index is 3410. The highest BCUT2D eigenvalue weighted by Gasteiger charge is 2.32. The van der Waals surface area contributed by atoms with Crippen molar-refractivity contribution in [3.63, 3.8) is 0 Å². The number of likely N-dealkylation sites (tertiary alicyclic amines) is 2. The molecule has 1 N–H and O–H groups in total. The van der Waals surface area contributed by atoms with E-state index in [9.17, 15) is 19.2 Å². The lowest BCUT2D eigenvalue weighted by Crippen LogP contribution is -2.44. The molecule has 4 saturated heterocycles. The van der Waals surface area contributed by atoms with E-state index in [-0.39, 0.29) is 30.2 Å². The number of amides is 3. The maximum Gasteiger partial charge on any atom is 0.329 e. The van der Waals surface area contributed by atoms with E-state index in [1.54, 1.807) is 11.6 Å². The van der Waals surface area contributed by atoms with Crippen molar-refractivity contribution in [3.8, 4) is 22.3 Å². The van der Waals surface area contributed by atoms with Crippen LogP contribution in [0.2, 0.25) is 0 Å². The van der Waals surface area contributed by atoms with Gasteiger partial charge >= 0.3 is 5.69 Å². The van der Waals surface area contributed by atoms with Crippen LogP contribution in [0.25, 0.3) is 55.2 Å². The zero-order valence-electron chi connectivity index (χ0n) is 41.1. The highest BCUT2D eigenvalue weighted by molar-refractivity contribution is 6.00. The molecule has 370 valence electrons. The van der Waals surface area contributed by atoms with Crippen molar-refractivity contribution in [1.82, 2.24) is 53.4 Å². The second-order valence-corrected chi connectivity index (χ2v) is 20.5. The number of ether oxygens (including phenoxy) is 1. The summed E-state index contributed by atoms with van der Waals surface area (Å²) in [6, 6.07) is 24.6. The molecule has 8 aromatic rings. The number of benzene rings is 3. The number of carbonyl (C=O) groups excluding carboxylic acids is 3. The van der Waals surface area contributed by atoms with Gasteiger partial charge in [0.1, 0.15) is 11.7 Å². The van der Waals surface area contributed by atoms with Gasteiger partial charge in [0.25, 0.3) is 5.91 Å². The fourth-order valence-electron chi connectivity index (χ4n) is 11.9. The molecular weight excluding hydrogens is 907 g/mol. The second-order valence-electron chi connectivity index (χ2n) is 20.5. The van der Waals surface area contributed by atoms with Crippen molar-refractivity contribution >= 4 is 50.7 Å². The molecule has 0 spiro atoms. The predicted octanol–water partition coefficient (Wildman–Crippen LogP) is 8.11. The first-order valence-corrected chi connectivity index (χ1v) is 25.8. The molecular formula is C56H61N11O5. The third-order valence-corrected chi connectivity index (χ3v) is 16.2. The standard InChI is InChI=1S/C56H61N11O5/c1-61-44(31-46-45(16-22-57-53(46)61)41-11-12-47-42(29-41)32-59-67(47)52-5-3-4-28-72-52)35-63-23-20-38(21-24-63)37-6-8-39(9-7-37)55(70)64-25-17-36(18-26-64)19-27-65-34-43(33-58-65)40-10-13-48-50(30-40)62(2)56(71)66(48)49-14-15-51(68)60-54(49)69/h6-13,16,22,29-34,36,38,49,52H,3-5,14-15,17-21,23-28,35H2,1-2H3,(H,60,68,69). The van der Waals surface area contributed by atoms with Gasteiger partial charge in [-0.05, 0) is 153 Å². The fraction of sp³-hybridized carbons (Fsp3) is 0.411. The number of hydrogen-bond donors (Lipinski definition) is 1. The zero-order valence-corrected chi connectivity index (χ0v) is 41.1. The lowest BCUT2D eigenvalue weighted by Gasteiger charge is -2.33. The number of imide groups is 1. The Morgan fingerprint density at radius 1 is 0.764 bits per heavy atom. The largest absolute Gasteiger partial charge is 0.356 e. The first-order chi connectivity index (χ1) is 35.1. The van der Waals surface area contributed by atoms with Gasteiger partial charge in [-0.3, -0.25) is 38.4 Å². The van der Waals surface area contributed by atoms with Crippen LogP contribution in [0.15, 0.2) is 102 Å². The molecule has 0 radical (unpaired) electrons. The van der Waals surface area contributed by atoms with E-state index in [2.05, 4.69) is 69.4 Å². The summed E-state index contributed by atoms with van der Waals surface area (Å²) >= 11 is 0. The first kappa shape index (κ1) is 45.9. The Labute approximate surface area is 417 Å². The molecule has 2 unspecified atom stereocenters. The number of carbonyl (C=O) groups is 3. The van der Waals surface area contributed by atoms with Gasteiger partial charge in [-0.25, -0.2) is 14.5 Å². The van der Waals surface area contributed by atoms with Gasteiger partial charge in [0.05, 0.1) is 28.9 Å². The average Bonchev–Trinajstić information content (AvgIpc) is 4.20. The van der Waals surface area contributed by atoms with E-state index < -0.39 is 11.9 Å². The van der Waals surface area contributed by atoms with E-state index in [4.69, 9.17) is 14.8 Å². The minimum absolute atomic E-state index is 0.00980. The summed E-state index contributed by atoms with van der Waals surface area (Å²) in [5, 5.41) is 14.0. The Morgan fingerprint density at radius 3 is 2.36 bits per heavy atom. The molecule has 4 aliphatic heterocycles. The SMILES string of the molecule is Cn1c(CN2CCC(c3ccc(C(=O)N4CCC(CCn5cc(-c6ccc7c(c6)n(C)c(=O)n7C6CCC(=O)NC6=O)cn5)CC4)cc3)CC2)cc2c(-c3ccc4c(cnn4C4CCCCO4)c3)ccnc21. The number of aromatic nitrogens is 8. The quantitative estimate of drug-likeness (QED) is 0.126. The van der Waals surface area contributed by atoms with Gasteiger partial charge < -0.3 is 14.2 Å². The molecule has 2 atom stereocenters. The van der Waals surface area contributed by atoms with Crippen LogP contribution in [0.1, 0.15) is 104 Å². The molecule has 3 amide bonds. The molecule has 0 bridgehead atoms. The summed E-state index contributed by atoms with van der Waals surface area (Å²) in [6.45, 7) is 5.96. The molecule has 4 aliphatic rings. The fourth-order valence-corrected chi connectivity index (χ4v) is 11.9. The summed E-state index contributed by atoms with van der Waals surface area (Å²) in [4.78, 5) is 60.7.